The summed E-state index contributed by atoms with van der Waals surface area (Å²) in [5.74, 6) is -8.09. The number of alkyl halides is 3. The number of rotatable bonds is 7. The Hall–Kier alpha value is -3.78. The summed E-state index contributed by atoms with van der Waals surface area (Å²) in [5.41, 5.74) is -2.68. The maximum absolute atomic E-state index is 14.3. The molecule has 3 N–H and O–H groups in total. The van der Waals surface area contributed by atoms with Crippen molar-refractivity contribution in [2.75, 3.05) is 45.7 Å². The number of nitrogens with one attached hydrogen (secondary N) is 1. The van der Waals surface area contributed by atoms with E-state index in [4.69, 9.17) is 4.74 Å². The molecular formula is C26H27F5N4O5. The lowest BCUT2D eigenvalue weighted by Gasteiger charge is -2.41. The van der Waals surface area contributed by atoms with E-state index in [0.717, 1.165) is 18.2 Å². The summed E-state index contributed by atoms with van der Waals surface area (Å²) >= 11 is 0. The molecule has 216 valence electrons. The van der Waals surface area contributed by atoms with E-state index in [1.165, 1.54) is 7.11 Å². The molecule has 0 bridgehead atoms. The summed E-state index contributed by atoms with van der Waals surface area (Å²) in [5, 5.41) is 22.1. The van der Waals surface area contributed by atoms with Gasteiger partial charge in [-0.2, -0.15) is 13.2 Å². The lowest BCUT2D eigenvalue weighted by Crippen LogP contribution is -2.54. The van der Waals surface area contributed by atoms with Gasteiger partial charge < -0.3 is 25.2 Å². The summed E-state index contributed by atoms with van der Waals surface area (Å²) in [6, 6.07) is 3.15. The van der Waals surface area contributed by atoms with Crippen molar-refractivity contribution in [1.29, 1.82) is 0 Å². The third kappa shape index (κ3) is 5.87. The van der Waals surface area contributed by atoms with Crippen molar-refractivity contribution in [3.63, 3.8) is 0 Å². The van der Waals surface area contributed by atoms with Crippen LogP contribution >= 0.6 is 0 Å². The molecule has 1 fully saturated rings. The number of benzene rings is 2. The van der Waals surface area contributed by atoms with E-state index in [1.807, 2.05) is 11.9 Å². The molecule has 1 saturated heterocycles. The van der Waals surface area contributed by atoms with Crippen LogP contribution in [0.5, 0.6) is 0 Å². The Morgan fingerprint density at radius 3 is 2.48 bits per heavy atom. The zero-order valence-corrected chi connectivity index (χ0v) is 21.6. The lowest BCUT2D eigenvalue weighted by molar-refractivity contribution is -0.147. The van der Waals surface area contributed by atoms with E-state index >= 15 is 0 Å². The first kappa shape index (κ1) is 29.2. The predicted octanol–water partition coefficient (Wildman–Crippen LogP) is 4.41. The molecule has 2 atom stereocenters. The van der Waals surface area contributed by atoms with Crippen LogP contribution in [0.1, 0.15) is 35.4 Å². The number of methoxy groups -OCH3 is 1. The molecule has 0 aromatic heterocycles. The molecular weight excluding hydrogens is 543 g/mol. The first-order chi connectivity index (χ1) is 18.8. The molecule has 2 aromatic carbocycles. The topological polar surface area (TPSA) is 115 Å². The number of carbonyl (C=O) groups is 2. The van der Waals surface area contributed by atoms with Crippen molar-refractivity contribution in [1.82, 2.24) is 9.80 Å². The van der Waals surface area contributed by atoms with Gasteiger partial charge in [0.1, 0.15) is 5.84 Å². The van der Waals surface area contributed by atoms with Crippen molar-refractivity contribution in [3.05, 3.63) is 52.6 Å². The van der Waals surface area contributed by atoms with E-state index in [0.29, 0.717) is 25.6 Å². The van der Waals surface area contributed by atoms with Gasteiger partial charge in [-0.1, -0.05) is 0 Å². The monoisotopic (exact) mass is 570 g/mol. The highest BCUT2D eigenvalue weighted by Gasteiger charge is 2.42. The summed E-state index contributed by atoms with van der Waals surface area (Å²) in [6.07, 6.45) is -5.63. The SMILES string of the molecule is COCCC1CN(C2=Nc3cc(F)c(F)cc3Nc3ccc(C(F)(F)F)c([C@H](CC(=O)O)C(=O)O)c32)CCN1C. The number of piperazine rings is 1. The summed E-state index contributed by atoms with van der Waals surface area (Å²) in [6.45, 7) is 1.34. The van der Waals surface area contributed by atoms with Gasteiger partial charge >= 0.3 is 18.1 Å². The van der Waals surface area contributed by atoms with Gasteiger partial charge in [-0.05, 0) is 31.2 Å². The van der Waals surface area contributed by atoms with Crippen LogP contribution in [0.2, 0.25) is 0 Å². The van der Waals surface area contributed by atoms with Gasteiger partial charge in [0, 0.05) is 62.8 Å². The highest BCUT2D eigenvalue weighted by molar-refractivity contribution is 6.10. The zero-order chi connectivity index (χ0) is 29.4. The number of aliphatic carboxylic acids is 2. The van der Waals surface area contributed by atoms with Crippen LogP contribution in [0.25, 0.3) is 0 Å². The number of ether oxygens (including phenoxy) is 1. The van der Waals surface area contributed by atoms with Crippen molar-refractivity contribution in [2.45, 2.75) is 31.0 Å². The molecule has 0 spiro atoms. The van der Waals surface area contributed by atoms with Gasteiger partial charge in [0.15, 0.2) is 11.6 Å². The Balaban J connectivity index is 2.02. The molecule has 9 nitrogen and oxygen atoms in total. The Labute approximate surface area is 225 Å². The average molecular weight is 571 g/mol. The summed E-state index contributed by atoms with van der Waals surface area (Å²) in [4.78, 5) is 32.0. The van der Waals surface area contributed by atoms with Crippen LogP contribution in [-0.2, 0) is 20.5 Å². The molecule has 2 heterocycles. The number of fused-ring (bicyclic) bond motifs is 2. The molecule has 40 heavy (non-hydrogen) atoms. The standard InChI is InChI=1S/C26H27F5N4O5/c1-34-6-7-35(12-13(34)5-8-40-2)24-23-18(32-19-10-16(27)17(28)11-20(19)33-24)4-3-15(26(29,30)31)22(23)14(25(38)39)9-21(36)37/h3-4,10-11,13-14,32H,5-9,12H2,1-2H3,(H,36,37)(H,38,39)/t13?,14-/m0/s1. The van der Waals surface area contributed by atoms with E-state index < -0.39 is 53.2 Å². The second kappa shape index (κ2) is 11.4. The van der Waals surface area contributed by atoms with E-state index in [2.05, 4.69) is 10.3 Å². The minimum atomic E-state index is -5.05. The number of halogens is 5. The van der Waals surface area contributed by atoms with Crippen molar-refractivity contribution in [3.8, 4) is 0 Å². The number of carboxylic acids is 2. The smallest absolute Gasteiger partial charge is 0.416 e. The minimum Gasteiger partial charge on any atom is -0.481 e. The number of nitrogens with zero attached hydrogens (tertiary/aromatic N) is 3. The number of hydrogen-bond acceptors (Lipinski definition) is 7. The van der Waals surface area contributed by atoms with Gasteiger partial charge in [-0.25, -0.2) is 13.8 Å². The van der Waals surface area contributed by atoms with Gasteiger partial charge in [-0.15, -0.1) is 0 Å². The van der Waals surface area contributed by atoms with Gasteiger partial charge in [0.25, 0.3) is 0 Å². The van der Waals surface area contributed by atoms with E-state index in [1.54, 1.807) is 4.90 Å². The fraction of sp³-hybridized carbons (Fsp3) is 0.423. The largest absolute Gasteiger partial charge is 0.481 e. The third-order valence-electron chi connectivity index (χ3n) is 7.07. The number of amidine groups is 1. The summed E-state index contributed by atoms with van der Waals surface area (Å²) in [7, 11) is 3.40. The van der Waals surface area contributed by atoms with Gasteiger partial charge in [0.05, 0.1) is 29.3 Å². The molecule has 14 heteroatoms. The Morgan fingerprint density at radius 1 is 1.15 bits per heavy atom. The zero-order valence-electron chi connectivity index (χ0n) is 21.6. The first-order valence-electron chi connectivity index (χ1n) is 12.3. The number of carboxylic acid groups (broad SMARTS) is 2. The summed E-state index contributed by atoms with van der Waals surface area (Å²) < 4.78 is 76.6. The predicted molar refractivity (Wildman–Crippen MR) is 134 cm³/mol. The molecule has 4 rings (SSSR count). The van der Waals surface area contributed by atoms with Crippen LogP contribution in [0.4, 0.5) is 39.0 Å². The highest BCUT2D eigenvalue weighted by atomic mass is 19.4. The fourth-order valence-corrected chi connectivity index (χ4v) is 5.04. The molecule has 1 unspecified atom stereocenters. The van der Waals surface area contributed by atoms with E-state index in [-0.39, 0.29) is 47.6 Å². The Morgan fingerprint density at radius 2 is 1.85 bits per heavy atom. The quantitative estimate of drug-likeness (QED) is 0.420. The maximum Gasteiger partial charge on any atom is 0.416 e. The van der Waals surface area contributed by atoms with Gasteiger partial charge in [-0.3, -0.25) is 14.5 Å². The third-order valence-corrected chi connectivity index (χ3v) is 7.07. The highest BCUT2D eigenvalue weighted by Crippen LogP contribution is 2.45. The Bertz CT molecular complexity index is 1350. The normalized spacial score (nSPS) is 18.2. The van der Waals surface area contributed by atoms with Crippen molar-refractivity contribution < 1.29 is 46.5 Å². The average Bonchev–Trinajstić information content (AvgIpc) is 3.02. The molecule has 0 radical (unpaired) electrons. The van der Waals surface area contributed by atoms with Gasteiger partial charge in [0.2, 0.25) is 0 Å². The van der Waals surface area contributed by atoms with Crippen molar-refractivity contribution in [2.24, 2.45) is 4.99 Å². The van der Waals surface area contributed by atoms with Crippen LogP contribution in [-0.4, -0.2) is 84.2 Å². The van der Waals surface area contributed by atoms with Crippen molar-refractivity contribution >= 4 is 34.8 Å². The molecule has 2 aromatic rings. The number of anilines is 2. The maximum atomic E-state index is 14.3. The van der Waals surface area contributed by atoms with E-state index in [9.17, 15) is 41.8 Å². The molecule has 2 aliphatic rings. The Kier molecular flexibility index (Phi) is 8.30. The number of aliphatic imine (C=N–C) groups is 1. The minimum absolute atomic E-state index is 0.0592. The first-order valence-corrected chi connectivity index (χ1v) is 12.3. The second-order valence-corrected chi connectivity index (χ2v) is 9.64. The number of hydrogen-bond donors (Lipinski definition) is 3. The molecule has 0 aliphatic carbocycles. The molecule has 2 aliphatic heterocycles. The second-order valence-electron chi connectivity index (χ2n) is 9.64. The van der Waals surface area contributed by atoms with Crippen LogP contribution in [0.3, 0.4) is 0 Å². The lowest BCUT2D eigenvalue weighted by atomic mass is 9.85. The fourth-order valence-electron chi connectivity index (χ4n) is 5.04. The van der Waals surface area contributed by atoms with Crippen LogP contribution in [0.15, 0.2) is 29.3 Å². The van der Waals surface area contributed by atoms with Crippen LogP contribution in [0, 0.1) is 11.6 Å². The molecule has 0 amide bonds. The molecule has 0 saturated carbocycles. The van der Waals surface area contributed by atoms with Crippen LogP contribution < -0.4 is 5.32 Å². The number of likely N-dealkylation sites (N-methyl/N-ethyl adjacent to an activating group) is 1.